The predicted molar refractivity (Wildman–Crippen MR) is 234 cm³/mol. The van der Waals surface area contributed by atoms with Crippen molar-refractivity contribution in [3.8, 4) is 0 Å². The fourth-order valence-corrected chi connectivity index (χ4v) is 9.03. The maximum Gasteiger partial charge on any atom is 0.410 e. The Morgan fingerprint density at radius 1 is 0.814 bits per heavy atom. The minimum atomic E-state index is -0.637. The van der Waals surface area contributed by atoms with Crippen LogP contribution >= 0.6 is 23.2 Å². The van der Waals surface area contributed by atoms with E-state index in [1.165, 1.54) is 12.8 Å². The van der Waals surface area contributed by atoms with Gasteiger partial charge in [0.2, 0.25) is 0 Å². The van der Waals surface area contributed by atoms with Crippen molar-refractivity contribution in [2.24, 2.45) is 5.84 Å². The fourth-order valence-electron chi connectivity index (χ4n) is 8.54. The molecule has 0 saturated carbocycles. The van der Waals surface area contributed by atoms with Crippen molar-refractivity contribution in [1.82, 2.24) is 55.3 Å². The van der Waals surface area contributed by atoms with Crippen molar-refractivity contribution in [1.29, 1.82) is 0 Å². The van der Waals surface area contributed by atoms with Gasteiger partial charge in [0.25, 0.3) is 5.91 Å². The number of anilines is 3. The number of hydrogen-bond donors (Lipinski definition) is 6. The van der Waals surface area contributed by atoms with Gasteiger partial charge < -0.3 is 30.5 Å². The zero-order valence-corrected chi connectivity index (χ0v) is 35.7. The standard InChI is InChI=1S/C21H35ClN8O3.C16H24ClN7O.CH4.H2/c1-5-13-12-29(18-16(22)25-15(17(23)26-18)19(31)27-24)10-11-30(13)14-6-8-28(9-7-14)20(32)33-21(2,3)4;1-2-10-9-23(7-8-24(10)11-3-5-18-6-4-11)15-12(17)19-13-14(20-15)22-16(25)21-13;;/h13-14H,5-12,24H2,1-4H3,(H2,23,26)(H,27,31);10-11,18H,2-9H2,1H3,(H2,19,20,21,22,25);1H4;1H/t13-;10-;;/m00../s1/i;;;1+1. The molecule has 0 aliphatic carbocycles. The molecule has 0 bridgehead atoms. The Morgan fingerprint density at radius 3 is 1.85 bits per heavy atom. The van der Waals surface area contributed by atoms with Crippen LogP contribution in [0.4, 0.5) is 22.2 Å². The summed E-state index contributed by atoms with van der Waals surface area (Å²) in [6, 6.07) is 1.84. The van der Waals surface area contributed by atoms with Gasteiger partial charge >= 0.3 is 11.8 Å². The van der Waals surface area contributed by atoms with Gasteiger partial charge in [0.05, 0.1) is 0 Å². The van der Waals surface area contributed by atoms with Gasteiger partial charge in [0, 0.05) is 78.0 Å². The molecule has 330 valence electrons. The van der Waals surface area contributed by atoms with Gasteiger partial charge in [-0.2, -0.15) is 0 Å². The number of hydrogen-bond acceptors (Lipinski definition) is 15. The van der Waals surface area contributed by atoms with E-state index in [9.17, 15) is 14.4 Å². The Morgan fingerprint density at radius 2 is 1.32 bits per heavy atom. The molecule has 4 aliphatic heterocycles. The largest absolute Gasteiger partial charge is 0.444 e. The monoisotopic (exact) mass is 866 g/mol. The van der Waals surface area contributed by atoms with Crippen LogP contribution in [0.5, 0.6) is 0 Å². The van der Waals surface area contributed by atoms with Gasteiger partial charge in [-0.05, 0) is 72.4 Å². The van der Waals surface area contributed by atoms with Crippen LogP contribution in [0, 0.1) is 0 Å². The molecule has 3 aromatic heterocycles. The normalized spacial score (nSPS) is 21.5. The van der Waals surface area contributed by atoms with Crippen LogP contribution in [0.2, 0.25) is 10.3 Å². The van der Waals surface area contributed by atoms with E-state index in [0.29, 0.717) is 71.9 Å². The third kappa shape index (κ3) is 11.0. The highest BCUT2D eigenvalue weighted by Crippen LogP contribution is 2.31. The van der Waals surface area contributed by atoms with Crippen molar-refractivity contribution >= 4 is 64.0 Å². The van der Waals surface area contributed by atoms with Gasteiger partial charge in [-0.1, -0.05) is 44.5 Å². The Balaban J connectivity index is 0.000000264. The molecule has 0 radical (unpaired) electrons. The molecular formula is C38H65Cl2N15O4. The molecule has 4 aliphatic rings. The molecule has 59 heavy (non-hydrogen) atoms. The number of aromatic nitrogens is 6. The smallest absolute Gasteiger partial charge is 0.410 e. The third-order valence-corrected chi connectivity index (χ3v) is 12.0. The average Bonchev–Trinajstić information content (AvgIpc) is 3.58. The molecule has 2 amide bonds. The molecule has 8 N–H and O–H groups in total. The molecule has 0 unspecified atom stereocenters. The number of aromatic amines is 2. The molecule has 19 nitrogen and oxygen atoms in total. The minimum absolute atomic E-state index is 0. The zero-order chi connectivity index (χ0) is 41.7. The Hall–Kier alpha value is -4.01. The number of nitrogens with two attached hydrogens (primary N) is 2. The number of halogens is 2. The number of nitrogens with zero attached hydrogens (tertiary/aromatic N) is 9. The van der Waals surface area contributed by atoms with E-state index in [2.05, 4.69) is 68.7 Å². The molecule has 0 spiro atoms. The predicted octanol–water partition coefficient (Wildman–Crippen LogP) is 3.45. The number of hydrazine groups is 1. The number of H-pyrrole nitrogens is 2. The summed E-state index contributed by atoms with van der Waals surface area (Å²) in [5.41, 5.74) is 7.89. The van der Waals surface area contributed by atoms with E-state index in [0.717, 1.165) is 71.5 Å². The second-order valence-electron chi connectivity index (χ2n) is 16.3. The van der Waals surface area contributed by atoms with Crippen molar-refractivity contribution < 1.29 is 15.8 Å². The van der Waals surface area contributed by atoms with Crippen LogP contribution in [-0.4, -0.2) is 152 Å². The van der Waals surface area contributed by atoms with Crippen molar-refractivity contribution in [3.05, 3.63) is 26.5 Å². The van der Waals surface area contributed by atoms with E-state index in [-0.39, 0.29) is 37.3 Å². The van der Waals surface area contributed by atoms with Crippen LogP contribution in [0.3, 0.4) is 0 Å². The number of likely N-dealkylation sites (tertiary alicyclic amines) is 1. The van der Waals surface area contributed by atoms with Crippen LogP contribution in [0.15, 0.2) is 4.79 Å². The maximum absolute atomic E-state index is 12.4. The number of amides is 2. The highest BCUT2D eigenvalue weighted by molar-refractivity contribution is 6.32. The lowest BCUT2D eigenvalue weighted by molar-refractivity contribution is 0.00943. The molecule has 4 saturated heterocycles. The van der Waals surface area contributed by atoms with Crippen LogP contribution in [0.25, 0.3) is 11.3 Å². The Kier molecular flexibility index (Phi) is 15.6. The van der Waals surface area contributed by atoms with E-state index >= 15 is 0 Å². The van der Waals surface area contributed by atoms with E-state index in [1.807, 2.05) is 26.2 Å². The lowest BCUT2D eigenvalue weighted by atomic mass is 9.98. The topological polar surface area (TPSA) is 236 Å². The number of imidazole rings is 1. The quantitative estimate of drug-likeness (QED) is 0.113. The highest BCUT2D eigenvalue weighted by Gasteiger charge is 2.37. The van der Waals surface area contributed by atoms with Crippen LogP contribution in [-0.2, 0) is 4.74 Å². The number of ether oxygens (including phenoxy) is 1. The van der Waals surface area contributed by atoms with Gasteiger partial charge in [-0.3, -0.25) is 30.0 Å². The summed E-state index contributed by atoms with van der Waals surface area (Å²) in [5, 5.41) is 3.91. The molecule has 7 rings (SSSR count). The molecule has 7 heterocycles. The number of piperazine rings is 2. The Bertz CT molecular complexity index is 1950. The number of carbonyl (C=O) groups excluding carboxylic acids is 2. The van der Waals surface area contributed by atoms with Gasteiger partial charge in [0.1, 0.15) is 5.60 Å². The second-order valence-corrected chi connectivity index (χ2v) is 17.0. The summed E-state index contributed by atoms with van der Waals surface area (Å²) in [7, 11) is 0. The first-order chi connectivity index (χ1) is 27.7. The summed E-state index contributed by atoms with van der Waals surface area (Å²) in [6.07, 6.45) is 6.06. The van der Waals surface area contributed by atoms with Gasteiger partial charge in [-0.15, -0.1) is 0 Å². The lowest BCUT2D eigenvalue weighted by Gasteiger charge is -2.47. The maximum atomic E-state index is 12.4. The fraction of sp³-hybridized carbons (Fsp3) is 0.711. The number of nitrogen functional groups attached to an aromatic ring is 2. The first-order valence-electron chi connectivity index (χ1n) is 20.4. The van der Waals surface area contributed by atoms with Crippen molar-refractivity contribution in [3.63, 3.8) is 0 Å². The molecule has 2 atom stereocenters. The van der Waals surface area contributed by atoms with Crippen LogP contribution in [0.1, 0.15) is 92.5 Å². The summed E-state index contributed by atoms with van der Waals surface area (Å²) >= 11 is 12.7. The number of nitrogens with one attached hydrogen (secondary N) is 4. The minimum Gasteiger partial charge on any atom is -0.444 e. The number of carbonyl (C=O) groups is 2. The summed E-state index contributed by atoms with van der Waals surface area (Å²) in [5.74, 6) is 5.65. The summed E-state index contributed by atoms with van der Waals surface area (Å²) < 4.78 is 5.51. The zero-order valence-electron chi connectivity index (χ0n) is 34.2. The Labute approximate surface area is 357 Å². The van der Waals surface area contributed by atoms with Gasteiger partial charge in [0.15, 0.2) is 44.7 Å². The van der Waals surface area contributed by atoms with Crippen molar-refractivity contribution in [2.75, 3.05) is 81.0 Å². The van der Waals surface area contributed by atoms with Crippen LogP contribution < -0.4 is 37.8 Å². The van der Waals surface area contributed by atoms with E-state index < -0.39 is 11.5 Å². The summed E-state index contributed by atoms with van der Waals surface area (Å²) in [4.78, 5) is 69.4. The second kappa shape index (κ2) is 20.0. The highest BCUT2D eigenvalue weighted by atomic mass is 35.5. The molecular weight excluding hydrogens is 801 g/mol. The molecule has 21 heteroatoms. The first-order valence-corrected chi connectivity index (χ1v) is 21.1. The van der Waals surface area contributed by atoms with E-state index in [4.69, 9.17) is 39.5 Å². The number of fused-ring (bicyclic) bond motifs is 1. The molecule has 4 fully saturated rings. The average molecular weight is 868 g/mol. The number of piperidine rings is 2. The first kappa shape index (κ1) is 46.1. The SMILES string of the molecule is C.CC[C@H]1CN(c2nc(N)c(C(=O)NN)nc2Cl)CCN1C1CCN(C(=O)OC(C)(C)C)CC1.CC[C@H]1CN(c2nc3[nH]c(=O)[nH]c3nc2Cl)CCN1C1CCNCC1.[2HH]. The molecule has 3 aromatic rings. The number of rotatable bonds is 7. The van der Waals surface area contributed by atoms with Gasteiger partial charge in [-0.25, -0.2) is 35.4 Å². The van der Waals surface area contributed by atoms with E-state index in [1.54, 1.807) is 4.90 Å². The summed E-state index contributed by atoms with van der Waals surface area (Å²) in [6.45, 7) is 18.7. The third-order valence-electron chi connectivity index (χ3n) is 11.5. The lowest BCUT2D eigenvalue weighted by Crippen LogP contribution is -2.59. The molecule has 0 aromatic carbocycles. The van der Waals surface area contributed by atoms with Crippen molar-refractivity contribution in [2.45, 2.75) is 110 Å².